The number of nitrogens with one attached hydrogen (secondary N) is 2. The van der Waals surface area contributed by atoms with Crippen LogP contribution in [0.3, 0.4) is 0 Å². The Labute approximate surface area is 227 Å². The highest BCUT2D eigenvalue weighted by atomic mass is 19.1. The van der Waals surface area contributed by atoms with Gasteiger partial charge in [-0.25, -0.2) is 9.18 Å². The summed E-state index contributed by atoms with van der Waals surface area (Å²) in [6, 6.07) is 13.3. The summed E-state index contributed by atoms with van der Waals surface area (Å²) in [5, 5.41) is 15.2. The van der Waals surface area contributed by atoms with Crippen molar-refractivity contribution in [1.29, 1.82) is 0 Å². The molecule has 4 rings (SSSR count). The number of aromatic nitrogens is 1. The number of likely N-dealkylation sites (N-methyl/N-ethyl adjacent to an activating group) is 1. The summed E-state index contributed by atoms with van der Waals surface area (Å²) in [4.78, 5) is 34.1. The first-order valence-corrected chi connectivity index (χ1v) is 12.9. The number of fused-ring (bicyclic) bond motifs is 1. The molecule has 10 heteroatoms. The van der Waals surface area contributed by atoms with Crippen LogP contribution in [0, 0.1) is 11.7 Å². The molecule has 3 aromatic rings. The summed E-state index contributed by atoms with van der Waals surface area (Å²) in [5.74, 6) is -0.299. The third-order valence-corrected chi connectivity index (χ3v) is 6.72. The Morgan fingerprint density at radius 1 is 1.15 bits per heavy atom. The Morgan fingerprint density at radius 2 is 1.82 bits per heavy atom. The van der Waals surface area contributed by atoms with Gasteiger partial charge in [0.1, 0.15) is 17.7 Å². The third-order valence-electron chi connectivity index (χ3n) is 6.72. The van der Waals surface area contributed by atoms with E-state index in [0.29, 0.717) is 42.3 Å². The van der Waals surface area contributed by atoms with E-state index in [-0.39, 0.29) is 24.5 Å². The van der Waals surface area contributed by atoms with E-state index in [1.165, 1.54) is 24.3 Å². The van der Waals surface area contributed by atoms with Crippen LogP contribution in [0.4, 0.5) is 20.6 Å². The number of benzene rings is 2. The molecule has 9 nitrogen and oxygen atoms in total. The molecule has 39 heavy (non-hydrogen) atoms. The number of anilines is 2. The number of carbonyl (C=O) groups is 2. The van der Waals surface area contributed by atoms with Crippen molar-refractivity contribution >= 4 is 23.3 Å². The molecule has 0 saturated heterocycles. The molecule has 3 atom stereocenters. The zero-order valence-electron chi connectivity index (χ0n) is 22.3. The van der Waals surface area contributed by atoms with Crippen LogP contribution < -0.4 is 15.4 Å². The van der Waals surface area contributed by atoms with Gasteiger partial charge in [-0.1, -0.05) is 6.92 Å². The minimum atomic E-state index is -0.536. The van der Waals surface area contributed by atoms with Gasteiger partial charge in [0.05, 0.1) is 18.2 Å². The normalized spacial score (nSPS) is 18.0. The monoisotopic (exact) mass is 535 g/mol. The van der Waals surface area contributed by atoms with Crippen LogP contribution in [-0.2, 0) is 6.54 Å². The second-order valence-corrected chi connectivity index (χ2v) is 9.97. The Bertz CT molecular complexity index is 1270. The summed E-state index contributed by atoms with van der Waals surface area (Å²) in [7, 11) is 2.02. The zero-order valence-corrected chi connectivity index (χ0v) is 22.3. The second-order valence-electron chi connectivity index (χ2n) is 9.97. The van der Waals surface area contributed by atoms with Crippen LogP contribution in [0.25, 0.3) is 0 Å². The summed E-state index contributed by atoms with van der Waals surface area (Å²) in [6.07, 6.45) is 3.29. The van der Waals surface area contributed by atoms with Crippen LogP contribution in [0.2, 0.25) is 0 Å². The number of aliphatic hydroxyl groups excluding tert-OH is 1. The van der Waals surface area contributed by atoms with Crippen molar-refractivity contribution in [2.45, 2.75) is 32.5 Å². The number of pyridine rings is 1. The lowest BCUT2D eigenvalue weighted by Gasteiger charge is -2.38. The Kier molecular flexibility index (Phi) is 9.11. The minimum absolute atomic E-state index is 0.0183. The number of amides is 3. The van der Waals surface area contributed by atoms with E-state index in [9.17, 15) is 19.1 Å². The van der Waals surface area contributed by atoms with Crippen LogP contribution in [0.1, 0.15) is 29.8 Å². The molecule has 206 valence electrons. The van der Waals surface area contributed by atoms with Crippen molar-refractivity contribution < 1.29 is 23.8 Å². The van der Waals surface area contributed by atoms with Gasteiger partial charge < -0.3 is 25.4 Å². The quantitative estimate of drug-likeness (QED) is 0.399. The highest BCUT2D eigenvalue weighted by Crippen LogP contribution is 2.31. The van der Waals surface area contributed by atoms with Crippen LogP contribution >= 0.6 is 0 Å². The highest BCUT2D eigenvalue weighted by molar-refractivity contribution is 6.02. The van der Waals surface area contributed by atoms with E-state index in [4.69, 9.17) is 4.74 Å². The summed E-state index contributed by atoms with van der Waals surface area (Å²) < 4.78 is 19.6. The molecule has 2 heterocycles. The fourth-order valence-corrected chi connectivity index (χ4v) is 4.52. The number of hydrogen-bond donors (Lipinski definition) is 3. The van der Waals surface area contributed by atoms with Crippen molar-refractivity contribution in [2.24, 2.45) is 5.92 Å². The van der Waals surface area contributed by atoms with Gasteiger partial charge in [-0.05, 0) is 74.1 Å². The van der Waals surface area contributed by atoms with E-state index in [2.05, 4.69) is 20.5 Å². The first-order chi connectivity index (χ1) is 18.7. The molecular weight excluding hydrogens is 501 g/mol. The average molecular weight is 536 g/mol. The fraction of sp³-hybridized carbons (Fsp3) is 0.345. The molecule has 2 aromatic carbocycles. The number of carbonyl (C=O) groups excluding carboxylic acids is 2. The molecule has 0 unspecified atom stereocenters. The average Bonchev–Trinajstić information content (AvgIpc) is 2.92. The van der Waals surface area contributed by atoms with Gasteiger partial charge in [-0.3, -0.25) is 14.7 Å². The van der Waals surface area contributed by atoms with Gasteiger partial charge >= 0.3 is 6.03 Å². The van der Waals surface area contributed by atoms with Crippen molar-refractivity contribution in [2.75, 3.05) is 37.4 Å². The Morgan fingerprint density at radius 3 is 2.51 bits per heavy atom. The van der Waals surface area contributed by atoms with Gasteiger partial charge in [-0.15, -0.1) is 0 Å². The van der Waals surface area contributed by atoms with Gasteiger partial charge in [0.15, 0.2) is 0 Å². The van der Waals surface area contributed by atoms with Crippen LogP contribution in [0.5, 0.6) is 5.75 Å². The topological polar surface area (TPSA) is 107 Å². The zero-order chi connectivity index (χ0) is 27.9. The molecule has 0 radical (unpaired) electrons. The van der Waals surface area contributed by atoms with Gasteiger partial charge in [0.25, 0.3) is 5.91 Å². The summed E-state index contributed by atoms with van der Waals surface area (Å²) in [6.45, 7) is 5.38. The van der Waals surface area contributed by atoms with E-state index in [0.717, 1.165) is 5.56 Å². The Hall–Kier alpha value is -4.02. The summed E-state index contributed by atoms with van der Waals surface area (Å²) >= 11 is 0. The molecule has 0 fully saturated rings. The number of ether oxygens (including phenoxy) is 1. The number of halogens is 1. The number of rotatable bonds is 8. The third kappa shape index (κ3) is 7.30. The van der Waals surface area contributed by atoms with E-state index in [1.807, 2.05) is 26.1 Å². The van der Waals surface area contributed by atoms with Gasteiger partial charge in [0.2, 0.25) is 0 Å². The SMILES string of the molecule is C[C@@H]1CN([C@@H](C)CO)C(=O)c2cc(NC(=O)Nc3ccc(F)cc3)ccc2O[C@@H]1CN(C)Cc1ccncc1. The number of hydrogen-bond acceptors (Lipinski definition) is 6. The molecule has 0 saturated carbocycles. The van der Waals surface area contributed by atoms with Crippen LogP contribution in [-0.4, -0.2) is 70.7 Å². The predicted octanol–water partition coefficient (Wildman–Crippen LogP) is 4.22. The van der Waals surface area contributed by atoms with E-state index in [1.54, 1.807) is 42.4 Å². The minimum Gasteiger partial charge on any atom is -0.488 e. The van der Waals surface area contributed by atoms with Crippen molar-refractivity contribution in [3.05, 3.63) is 83.9 Å². The molecule has 0 bridgehead atoms. The number of urea groups is 1. The Balaban J connectivity index is 1.55. The maximum atomic E-state index is 13.6. The highest BCUT2D eigenvalue weighted by Gasteiger charge is 2.33. The predicted molar refractivity (Wildman–Crippen MR) is 147 cm³/mol. The number of nitrogens with zero attached hydrogens (tertiary/aromatic N) is 3. The standard InChI is InChI=1S/C29H34FN5O4/c1-19-15-35(20(2)18-36)28(37)25-14-24(33-29(38)32-23-6-4-22(30)5-7-23)8-9-26(25)39-27(19)17-34(3)16-21-10-12-31-13-11-21/h4-14,19-20,27,36H,15-18H2,1-3H3,(H2,32,33,38)/t19-,20+,27-/m1/s1. The lowest BCUT2D eigenvalue weighted by molar-refractivity contribution is 0.0341. The summed E-state index contributed by atoms with van der Waals surface area (Å²) in [5.41, 5.74) is 2.24. The fourth-order valence-electron chi connectivity index (χ4n) is 4.52. The molecule has 3 amide bonds. The van der Waals surface area contributed by atoms with Crippen molar-refractivity contribution in [1.82, 2.24) is 14.8 Å². The van der Waals surface area contributed by atoms with E-state index < -0.39 is 17.9 Å². The largest absolute Gasteiger partial charge is 0.488 e. The van der Waals surface area contributed by atoms with Gasteiger partial charge in [0, 0.05) is 49.3 Å². The lowest BCUT2D eigenvalue weighted by Crippen LogP contribution is -2.49. The molecule has 0 spiro atoms. The van der Waals surface area contributed by atoms with E-state index >= 15 is 0 Å². The first kappa shape index (κ1) is 28.0. The molecule has 1 aliphatic heterocycles. The molecular formula is C29H34FN5O4. The maximum absolute atomic E-state index is 13.6. The maximum Gasteiger partial charge on any atom is 0.323 e. The molecule has 1 aliphatic rings. The van der Waals surface area contributed by atoms with Crippen LogP contribution in [0.15, 0.2) is 67.0 Å². The molecule has 1 aromatic heterocycles. The number of aliphatic hydroxyl groups is 1. The van der Waals surface area contributed by atoms with Gasteiger partial charge in [-0.2, -0.15) is 0 Å². The molecule has 3 N–H and O–H groups in total. The smallest absolute Gasteiger partial charge is 0.323 e. The lowest BCUT2D eigenvalue weighted by atomic mass is 9.99. The second kappa shape index (κ2) is 12.7. The molecule has 0 aliphatic carbocycles. The van der Waals surface area contributed by atoms with Crippen molar-refractivity contribution in [3.63, 3.8) is 0 Å². The first-order valence-electron chi connectivity index (χ1n) is 12.9. The van der Waals surface area contributed by atoms with Crippen molar-refractivity contribution in [3.8, 4) is 5.75 Å².